The molecule has 0 spiro atoms. The molecule has 12 heavy (non-hydrogen) atoms. The number of rotatable bonds is 2. The van der Waals surface area contributed by atoms with E-state index in [1.165, 1.54) is 0 Å². The maximum atomic E-state index is 10.2. The van der Waals surface area contributed by atoms with Crippen molar-refractivity contribution in [1.29, 1.82) is 0 Å². The van der Waals surface area contributed by atoms with Crippen molar-refractivity contribution in [2.75, 3.05) is 12.1 Å². The highest BCUT2D eigenvalue weighted by Crippen LogP contribution is 2.38. The molecule has 1 aliphatic heterocycles. The first-order valence-electron chi connectivity index (χ1n) is 3.50. The Labute approximate surface area is 69.1 Å². The van der Waals surface area contributed by atoms with Crippen LogP contribution in [0.5, 0.6) is 11.5 Å². The minimum absolute atomic E-state index is 0.215. The molecule has 0 atom stereocenters. The van der Waals surface area contributed by atoms with E-state index in [1.807, 2.05) is 0 Å². The molecule has 0 bridgehead atoms. The molecule has 1 amide bonds. The van der Waals surface area contributed by atoms with Crippen LogP contribution < -0.4 is 14.8 Å². The second-order valence-electron chi connectivity index (χ2n) is 2.30. The van der Waals surface area contributed by atoms with Crippen LogP contribution in [0.15, 0.2) is 18.2 Å². The number of benzene rings is 1. The van der Waals surface area contributed by atoms with Crippen LogP contribution in [0.3, 0.4) is 0 Å². The van der Waals surface area contributed by atoms with Crippen LogP contribution in [0.25, 0.3) is 0 Å². The van der Waals surface area contributed by atoms with E-state index < -0.39 is 0 Å². The fourth-order valence-electron chi connectivity index (χ4n) is 1.11. The summed E-state index contributed by atoms with van der Waals surface area (Å²) >= 11 is 0. The molecule has 0 fully saturated rings. The predicted octanol–water partition coefficient (Wildman–Crippen LogP) is 0.984. The average Bonchev–Trinajstić information content (AvgIpc) is 2.53. The second kappa shape index (κ2) is 2.73. The summed E-state index contributed by atoms with van der Waals surface area (Å²) in [7, 11) is 0. The third kappa shape index (κ3) is 0.972. The molecule has 4 heteroatoms. The molecular formula is C8H7NO3. The van der Waals surface area contributed by atoms with Gasteiger partial charge in [-0.05, 0) is 12.1 Å². The summed E-state index contributed by atoms with van der Waals surface area (Å²) in [4.78, 5) is 10.2. The summed E-state index contributed by atoms with van der Waals surface area (Å²) in [5.74, 6) is 1.27. The van der Waals surface area contributed by atoms with Gasteiger partial charge in [-0.15, -0.1) is 0 Å². The van der Waals surface area contributed by atoms with Gasteiger partial charge in [-0.25, -0.2) is 0 Å². The minimum Gasteiger partial charge on any atom is -0.454 e. The molecule has 1 N–H and O–H groups in total. The fraction of sp³-hybridized carbons (Fsp3) is 0.125. The lowest BCUT2D eigenvalue weighted by Crippen LogP contribution is -1.96. The Kier molecular flexibility index (Phi) is 1.59. The van der Waals surface area contributed by atoms with E-state index in [1.54, 1.807) is 18.2 Å². The van der Waals surface area contributed by atoms with Crippen molar-refractivity contribution in [3.63, 3.8) is 0 Å². The zero-order valence-electron chi connectivity index (χ0n) is 6.24. The second-order valence-corrected chi connectivity index (χ2v) is 2.30. The first kappa shape index (κ1) is 6.97. The van der Waals surface area contributed by atoms with Crippen LogP contribution >= 0.6 is 0 Å². The lowest BCUT2D eigenvalue weighted by molar-refractivity contribution is -0.105. The van der Waals surface area contributed by atoms with E-state index in [-0.39, 0.29) is 6.79 Å². The van der Waals surface area contributed by atoms with Crippen molar-refractivity contribution in [2.24, 2.45) is 0 Å². The van der Waals surface area contributed by atoms with Crippen LogP contribution in [0.2, 0.25) is 0 Å². The van der Waals surface area contributed by atoms with Gasteiger partial charge in [0.15, 0.2) is 11.5 Å². The molecule has 0 saturated heterocycles. The molecule has 0 aromatic heterocycles. The van der Waals surface area contributed by atoms with Gasteiger partial charge in [-0.3, -0.25) is 4.79 Å². The lowest BCUT2D eigenvalue weighted by Gasteiger charge is -2.01. The number of amides is 1. The van der Waals surface area contributed by atoms with E-state index in [9.17, 15) is 4.79 Å². The number of anilines is 1. The van der Waals surface area contributed by atoms with Gasteiger partial charge in [0.1, 0.15) is 0 Å². The van der Waals surface area contributed by atoms with Gasteiger partial charge in [-0.2, -0.15) is 0 Å². The first-order valence-corrected chi connectivity index (χ1v) is 3.50. The quantitative estimate of drug-likeness (QED) is 0.664. The highest BCUT2D eigenvalue weighted by atomic mass is 16.7. The number of carbonyl (C=O) groups excluding carboxylic acids is 1. The van der Waals surface area contributed by atoms with Crippen molar-refractivity contribution in [2.45, 2.75) is 0 Å². The van der Waals surface area contributed by atoms with Gasteiger partial charge in [-0.1, -0.05) is 6.07 Å². The Hall–Kier alpha value is -1.71. The number of ether oxygens (including phenoxy) is 2. The molecule has 1 heterocycles. The average molecular weight is 165 g/mol. The van der Waals surface area contributed by atoms with Crippen LogP contribution in [0.4, 0.5) is 5.69 Å². The molecule has 4 nitrogen and oxygen atoms in total. The maximum Gasteiger partial charge on any atom is 0.231 e. The fourth-order valence-corrected chi connectivity index (χ4v) is 1.11. The molecule has 1 aromatic carbocycles. The number of carbonyl (C=O) groups is 1. The normalized spacial score (nSPS) is 12.7. The Morgan fingerprint density at radius 3 is 3.17 bits per heavy atom. The molecule has 1 aromatic rings. The number of fused-ring (bicyclic) bond motifs is 1. The molecule has 1 aliphatic rings. The third-order valence-corrected chi connectivity index (χ3v) is 1.61. The summed E-state index contributed by atoms with van der Waals surface area (Å²) in [5.41, 5.74) is 0.639. The topological polar surface area (TPSA) is 47.6 Å². The highest BCUT2D eigenvalue weighted by Gasteiger charge is 2.16. The van der Waals surface area contributed by atoms with E-state index in [0.29, 0.717) is 23.6 Å². The number of hydrogen-bond donors (Lipinski definition) is 1. The SMILES string of the molecule is O=CNc1cccc2c1OCO2. The van der Waals surface area contributed by atoms with Crippen LogP contribution in [0, 0.1) is 0 Å². The van der Waals surface area contributed by atoms with Crippen molar-refractivity contribution >= 4 is 12.1 Å². The zero-order chi connectivity index (χ0) is 8.39. The number of nitrogens with one attached hydrogen (secondary N) is 1. The van der Waals surface area contributed by atoms with E-state index in [0.717, 1.165) is 0 Å². The lowest BCUT2D eigenvalue weighted by atomic mass is 10.3. The third-order valence-electron chi connectivity index (χ3n) is 1.61. The molecular weight excluding hydrogens is 158 g/mol. The van der Waals surface area contributed by atoms with E-state index in [2.05, 4.69) is 5.32 Å². The zero-order valence-corrected chi connectivity index (χ0v) is 6.24. The Morgan fingerprint density at radius 1 is 1.42 bits per heavy atom. The van der Waals surface area contributed by atoms with Gasteiger partial charge in [0.05, 0.1) is 5.69 Å². The molecule has 2 rings (SSSR count). The van der Waals surface area contributed by atoms with Gasteiger partial charge < -0.3 is 14.8 Å². The summed E-state index contributed by atoms with van der Waals surface area (Å²) in [6, 6.07) is 5.33. The molecule has 0 aliphatic carbocycles. The van der Waals surface area contributed by atoms with Crippen LogP contribution in [0.1, 0.15) is 0 Å². The predicted molar refractivity (Wildman–Crippen MR) is 42.3 cm³/mol. The molecule has 62 valence electrons. The van der Waals surface area contributed by atoms with Gasteiger partial charge >= 0.3 is 0 Å². The maximum absolute atomic E-state index is 10.2. The number of para-hydroxylation sites is 1. The van der Waals surface area contributed by atoms with Crippen molar-refractivity contribution < 1.29 is 14.3 Å². The van der Waals surface area contributed by atoms with E-state index >= 15 is 0 Å². The van der Waals surface area contributed by atoms with E-state index in [4.69, 9.17) is 9.47 Å². The summed E-state index contributed by atoms with van der Waals surface area (Å²) < 4.78 is 10.2. The summed E-state index contributed by atoms with van der Waals surface area (Å²) in [5, 5.41) is 2.52. The highest BCUT2D eigenvalue weighted by molar-refractivity contribution is 5.77. The minimum atomic E-state index is 0.215. The van der Waals surface area contributed by atoms with Crippen molar-refractivity contribution in [3.05, 3.63) is 18.2 Å². The van der Waals surface area contributed by atoms with Gasteiger partial charge in [0, 0.05) is 0 Å². The van der Waals surface area contributed by atoms with Crippen molar-refractivity contribution in [3.8, 4) is 11.5 Å². The van der Waals surface area contributed by atoms with Crippen molar-refractivity contribution in [1.82, 2.24) is 0 Å². The van der Waals surface area contributed by atoms with Gasteiger partial charge in [0.2, 0.25) is 13.2 Å². The van der Waals surface area contributed by atoms with Crippen LogP contribution in [-0.4, -0.2) is 13.2 Å². The Balaban J connectivity index is 2.42. The Bertz CT molecular complexity index is 311. The number of hydrogen-bond acceptors (Lipinski definition) is 3. The molecule has 0 unspecified atom stereocenters. The summed E-state index contributed by atoms with van der Waals surface area (Å²) in [6.07, 6.45) is 0.608. The Morgan fingerprint density at radius 2 is 2.33 bits per heavy atom. The smallest absolute Gasteiger partial charge is 0.231 e. The monoisotopic (exact) mass is 165 g/mol. The van der Waals surface area contributed by atoms with Crippen LogP contribution in [-0.2, 0) is 4.79 Å². The van der Waals surface area contributed by atoms with Gasteiger partial charge in [0.25, 0.3) is 0 Å². The molecule has 0 radical (unpaired) electrons. The molecule has 0 saturated carbocycles. The summed E-state index contributed by atoms with van der Waals surface area (Å²) in [6.45, 7) is 0.215. The first-order chi connectivity index (χ1) is 5.92. The standard InChI is InChI=1S/C8H7NO3/c10-4-9-6-2-1-3-7-8(6)12-5-11-7/h1-4H,5H2,(H,9,10). The largest absolute Gasteiger partial charge is 0.454 e.